The monoisotopic (exact) mass is 232 g/mol. The van der Waals surface area contributed by atoms with E-state index in [0.717, 1.165) is 16.5 Å². The van der Waals surface area contributed by atoms with Gasteiger partial charge in [0, 0.05) is 18.3 Å². The zero-order valence-electron chi connectivity index (χ0n) is 9.85. The van der Waals surface area contributed by atoms with Crippen molar-refractivity contribution in [2.45, 2.75) is 20.0 Å². The van der Waals surface area contributed by atoms with Crippen LogP contribution in [0.3, 0.4) is 0 Å². The highest BCUT2D eigenvalue weighted by Gasteiger charge is 2.06. The van der Waals surface area contributed by atoms with E-state index in [1.807, 2.05) is 35.0 Å². The molecule has 0 aliphatic carbocycles. The predicted octanol–water partition coefficient (Wildman–Crippen LogP) is 1.66. The van der Waals surface area contributed by atoms with E-state index >= 15 is 0 Å². The summed E-state index contributed by atoms with van der Waals surface area (Å²) in [5.41, 5.74) is 7.70. The molecule has 90 valence electrons. The average Bonchev–Trinajstić information content (AvgIpc) is 2.72. The van der Waals surface area contributed by atoms with Gasteiger partial charge in [0.2, 0.25) is 0 Å². The number of carbonyl (C=O) groups is 1. The van der Waals surface area contributed by atoms with E-state index < -0.39 is 0 Å². The Kier molecular flexibility index (Phi) is 3.44. The summed E-state index contributed by atoms with van der Waals surface area (Å²) in [4.78, 5) is 11.4. The van der Waals surface area contributed by atoms with Crippen LogP contribution in [0.2, 0.25) is 0 Å². The third-order valence-electron chi connectivity index (χ3n) is 2.68. The Labute approximate surface area is 100.0 Å². The molecule has 2 N–H and O–H groups in total. The molecule has 17 heavy (non-hydrogen) atoms. The molecule has 0 saturated heterocycles. The van der Waals surface area contributed by atoms with Crippen LogP contribution in [-0.2, 0) is 22.6 Å². The van der Waals surface area contributed by atoms with Crippen molar-refractivity contribution < 1.29 is 9.53 Å². The Morgan fingerprint density at radius 2 is 2.24 bits per heavy atom. The molecule has 0 unspecified atom stereocenters. The predicted molar refractivity (Wildman–Crippen MR) is 66.5 cm³/mol. The largest absolute Gasteiger partial charge is 0.465 e. The molecule has 1 aromatic heterocycles. The first-order valence-electron chi connectivity index (χ1n) is 5.68. The van der Waals surface area contributed by atoms with Crippen molar-refractivity contribution >= 4 is 16.9 Å². The molecular weight excluding hydrogens is 216 g/mol. The van der Waals surface area contributed by atoms with Crippen LogP contribution in [0.25, 0.3) is 10.9 Å². The Hall–Kier alpha value is -1.81. The van der Waals surface area contributed by atoms with Gasteiger partial charge >= 0.3 is 5.97 Å². The number of nitrogens with two attached hydrogens (primary N) is 1. The lowest BCUT2D eigenvalue weighted by atomic mass is 10.1. The molecule has 1 heterocycles. The van der Waals surface area contributed by atoms with Gasteiger partial charge in [0.05, 0.1) is 6.61 Å². The van der Waals surface area contributed by atoms with Crippen LogP contribution in [0.15, 0.2) is 30.5 Å². The molecule has 0 radical (unpaired) electrons. The molecule has 0 fully saturated rings. The summed E-state index contributed by atoms with van der Waals surface area (Å²) in [6.45, 7) is 2.99. The average molecular weight is 232 g/mol. The lowest BCUT2D eigenvalue weighted by molar-refractivity contribution is -0.143. The number of benzene rings is 1. The number of ether oxygens (including phenoxy) is 1. The van der Waals surface area contributed by atoms with Gasteiger partial charge in [-0.1, -0.05) is 6.07 Å². The molecule has 1 aromatic carbocycles. The topological polar surface area (TPSA) is 57.2 Å². The highest BCUT2D eigenvalue weighted by Crippen LogP contribution is 2.17. The van der Waals surface area contributed by atoms with Crippen LogP contribution < -0.4 is 5.73 Å². The first kappa shape index (κ1) is 11.7. The van der Waals surface area contributed by atoms with E-state index in [-0.39, 0.29) is 12.5 Å². The number of hydrogen-bond acceptors (Lipinski definition) is 3. The second-order valence-corrected chi connectivity index (χ2v) is 3.85. The number of rotatable bonds is 4. The van der Waals surface area contributed by atoms with Crippen LogP contribution in [0, 0.1) is 0 Å². The molecule has 2 aromatic rings. The summed E-state index contributed by atoms with van der Waals surface area (Å²) >= 11 is 0. The van der Waals surface area contributed by atoms with Gasteiger partial charge in [-0.3, -0.25) is 4.79 Å². The first-order chi connectivity index (χ1) is 8.24. The first-order valence-corrected chi connectivity index (χ1v) is 5.68. The van der Waals surface area contributed by atoms with Gasteiger partial charge < -0.3 is 15.0 Å². The molecule has 4 heteroatoms. The summed E-state index contributed by atoms with van der Waals surface area (Å²) in [5.74, 6) is -0.215. The smallest absolute Gasteiger partial charge is 0.325 e. The van der Waals surface area contributed by atoms with Crippen LogP contribution in [0.1, 0.15) is 12.5 Å². The number of carbonyl (C=O) groups excluding carboxylic acids is 1. The molecule has 0 spiro atoms. The standard InChI is InChI=1S/C13H16N2O2/c1-2-17-13(16)9-15-6-5-11-7-10(8-14)3-4-12(11)15/h3-7H,2,8-9,14H2,1H3. The maximum atomic E-state index is 11.4. The molecule has 0 amide bonds. The van der Waals surface area contributed by atoms with Crippen molar-refractivity contribution in [2.24, 2.45) is 5.73 Å². The number of esters is 1. The van der Waals surface area contributed by atoms with Crippen molar-refractivity contribution in [1.82, 2.24) is 4.57 Å². The molecule has 0 atom stereocenters. The Balaban J connectivity index is 2.27. The number of fused-ring (bicyclic) bond motifs is 1. The van der Waals surface area contributed by atoms with E-state index in [4.69, 9.17) is 10.5 Å². The normalized spacial score (nSPS) is 10.7. The van der Waals surface area contributed by atoms with E-state index in [1.54, 1.807) is 6.92 Å². The SMILES string of the molecule is CCOC(=O)Cn1ccc2cc(CN)ccc21. The molecule has 0 saturated carbocycles. The third-order valence-corrected chi connectivity index (χ3v) is 2.68. The number of aromatic nitrogens is 1. The molecule has 0 aliphatic rings. The zero-order chi connectivity index (χ0) is 12.3. The second kappa shape index (κ2) is 5.01. The summed E-state index contributed by atoms with van der Waals surface area (Å²) in [7, 11) is 0. The second-order valence-electron chi connectivity index (χ2n) is 3.85. The van der Waals surface area contributed by atoms with Gasteiger partial charge in [-0.15, -0.1) is 0 Å². The Bertz CT molecular complexity index is 531. The minimum atomic E-state index is -0.215. The van der Waals surface area contributed by atoms with Crippen molar-refractivity contribution in [3.05, 3.63) is 36.0 Å². The van der Waals surface area contributed by atoms with Gasteiger partial charge in [-0.25, -0.2) is 0 Å². The van der Waals surface area contributed by atoms with Crippen LogP contribution in [0.5, 0.6) is 0 Å². The van der Waals surface area contributed by atoms with Crippen molar-refractivity contribution in [3.63, 3.8) is 0 Å². The van der Waals surface area contributed by atoms with Gasteiger partial charge in [-0.2, -0.15) is 0 Å². The summed E-state index contributed by atoms with van der Waals surface area (Å²) in [6.07, 6.45) is 1.89. The van der Waals surface area contributed by atoms with Gasteiger partial charge in [-0.05, 0) is 36.1 Å². The van der Waals surface area contributed by atoms with Crippen molar-refractivity contribution in [1.29, 1.82) is 0 Å². The highest BCUT2D eigenvalue weighted by molar-refractivity contribution is 5.82. The third kappa shape index (κ3) is 2.47. The van der Waals surface area contributed by atoms with Crippen molar-refractivity contribution in [2.75, 3.05) is 6.61 Å². The van der Waals surface area contributed by atoms with Crippen LogP contribution in [0.4, 0.5) is 0 Å². The van der Waals surface area contributed by atoms with E-state index in [1.165, 1.54) is 0 Å². The van der Waals surface area contributed by atoms with Gasteiger partial charge in [0.25, 0.3) is 0 Å². The minimum absolute atomic E-state index is 0.215. The highest BCUT2D eigenvalue weighted by atomic mass is 16.5. The molecule has 0 bridgehead atoms. The maximum absolute atomic E-state index is 11.4. The van der Waals surface area contributed by atoms with Crippen LogP contribution >= 0.6 is 0 Å². The molecule has 2 rings (SSSR count). The summed E-state index contributed by atoms with van der Waals surface area (Å²) < 4.78 is 6.81. The van der Waals surface area contributed by atoms with Crippen molar-refractivity contribution in [3.8, 4) is 0 Å². The fourth-order valence-electron chi connectivity index (χ4n) is 1.86. The van der Waals surface area contributed by atoms with Gasteiger partial charge in [0.15, 0.2) is 0 Å². The maximum Gasteiger partial charge on any atom is 0.325 e. The van der Waals surface area contributed by atoms with Crippen LogP contribution in [-0.4, -0.2) is 17.1 Å². The lowest BCUT2D eigenvalue weighted by Crippen LogP contribution is -2.12. The fraction of sp³-hybridized carbons (Fsp3) is 0.308. The number of nitrogens with zero attached hydrogens (tertiary/aromatic N) is 1. The number of hydrogen-bond donors (Lipinski definition) is 1. The zero-order valence-corrected chi connectivity index (χ0v) is 9.85. The van der Waals surface area contributed by atoms with E-state index in [0.29, 0.717) is 13.2 Å². The Morgan fingerprint density at radius 3 is 2.94 bits per heavy atom. The van der Waals surface area contributed by atoms with Gasteiger partial charge in [0.1, 0.15) is 6.54 Å². The molecular formula is C13H16N2O2. The quantitative estimate of drug-likeness (QED) is 0.816. The summed E-state index contributed by atoms with van der Waals surface area (Å²) in [5, 5.41) is 1.09. The molecule has 4 nitrogen and oxygen atoms in total. The summed E-state index contributed by atoms with van der Waals surface area (Å²) in [6, 6.07) is 7.98. The van der Waals surface area contributed by atoms with E-state index in [9.17, 15) is 4.79 Å². The fourth-order valence-corrected chi connectivity index (χ4v) is 1.86. The minimum Gasteiger partial charge on any atom is -0.465 e. The molecule has 0 aliphatic heterocycles. The Morgan fingerprint density at radius 1 is 1.41 bits per heavy atom. The van der Waals surface area contributed by atoms with E-state index in [2.05, 4.69) is 0 Å². The lowest BCUT2D eigenvalue weighted by Gasteiger charge is -2.05.